The van der Waals surface area contributed by atoms with E-state index in [0.717, 1.165) is 12.0 Å². The number of aryl methyl sites for hydroxylation is 1. The number of anilines is 1. The molecule has 0 bridgehead atoms. The Balaban J connectivity index is 2.02. The molecule has 0 saturated heterocycles. The van der Waals surface area contributed by atoms with E-state index in [-0.39, 0.29) is 21.7 Å². The van der Waals surface area contributed by atoms with E-state index in [4.69, 9.17) is 23.8 Å². The topological polar surface area (TPSA) is 84.3 Å². The summed E-state index contributed by atoms with van der Waals surface area (Å²) in [7, 11) is 0. The molecule has 8 heteroatoms. The molecule has 1 amide bonds. The number of carbonyl (C=O) groups excluding carboxylic acids is 1. The minimum atomic E-state index is -0.546. The summed E-state index contributed by atoms with van der Waals surface area (Å²) in [6, 6.07) is 11.1. The van der Waals surface area contributed by atoms with Gasteiger partial charge in [-0.15, -0.1) is 0 Å². The van der Waals surface area contributed by atoms with Crippen LogP contribution in [0.15, 0.2) is 42.5 Å². The highest BCUT2D eigenvalue weighted by atomic mass is 35.5. The average Bonchev–Trinajstić information content (AvgIpc) is 2.56. The van der Waals surface area contributed by atoms with Gasteiger partial charge in [0.1, 0.15) is 0 Å². The van der Waals surface area contributed by atoms with Crippen LogP contribution in [-0.4, -0.2) is 15.9 Å². The fraction of sp³-hybridized carbons (Fsp3) is 0.125. The second-order valence-electron chi connectivity index (χ2n) is 4.88. The number of benzene rings is 2. The van der Waals surface area contributed by atoms with Crippen LogP contribution >= 0.6 is 23.8 Å². The first-order valence-electron chi connectivity index (χ1n) is 7.06. The molecular weight excluding hydrogens is 350 g/mol. The molecule has 0 aliphatic carbocycles. The Labute approximate surface area is 149 Å². The lowest BCUT2D eigenvalue weighted by Gasteiger charge is -2.11. The van der Waals surface area contributed by atoms with E-state index in [1.165, 1.54) is 18.2 Å². The van der Waals surface area contributed by atoms with E-state index < -0.39 is 4.92 Å². The first kappa shape index (κ1) is 17.8. The van der Waals surface area contributed by atoms with Crippen molar-refractivity contribution in [3.8, 4) is 0 Å². The summed E-state index contributed by atoms with van der Waals surface area (Å²) in [6.45, 7) is 2.03. The lowest BCUT2D eigenvalue weighted by molar-refractivity contribution is -0.384. The minimum Gasteiger partial charge on any atom is -0.331 e. The molecule has 0 atom stereocenters. The van der Waals surface area contributed by atoms with Crippen LogP contribution in [0.4, 0.5) is 11.4 Å². The molecule has 0 aliphatic heterocycles. The Bertz CT molecular complexity index is 794. The number of rotatable bonds is 4. The van der Waals surface area contributed by atoms with Crippen molar-refractivity contribution < 1.29 is 9.72 Å². The fourth-order valence-electron chi connectivity index (χ4n) is 1.94. The van der Waals surface area contributed by atoms with Gasteiger partial charge in [0, 0.05) is 17.7 Å². The van der Waals surface area contributed by atoms with Crippen molar-refractivity contribution in [1.82, 2.24) is 5.32 Å². The smallest absolute Gasteiger partial charge is 0.271 e. The Morgan fingerprint density at radius 3 is 2.46 bits per heavy atom. The summed E-state index contributed by atoms with van der Waals surface area (Å²) in [5.74, 6) is -0.354. The Kier molecular flexibility index (Phi) is 5.83. The van der Waals surface area contributed by atoms with E-state index in [0.29, 0.717) is 11.3 Å². The summed E-state index contributed by atoms with van der Waals surface area (Å²) in [6.07, 6.45) is 0.889. The number of non-ortho nitro benzene ring substituents is 1. The Morgan fingerprint density at radius 1 is 1.25 bits per heavy atom. The number of nitro groups is 1. The zero-order chi connectivity index (χ0) is 17.7. The molecule has 2 N–H and O–H groups in total. The highest BCUT2D eigenvalue weighted by Gasteiger charge is 2.12. The number of carbonyl (C=O) groups is 1. The van der Waals surface area contributed by atoms with Gasteiger partial charge >= 0.3 is 0 Å². The van der Waals surface area contributed by atoms with E-state index in [9.17, 15) is 14.9 Å². The summed E-state index contributed by atoms with van der Waals surface area (Å²) in [5.41, 5.74) is 1.85. The number of nitrogens with zero attached hydrogens (tertiary/aromatic N) is 1. The van der Waals surface area contributed by atoms with Crippen molar-refractivity contribution in [1.29, 1.82) is 0 Å². The first-order valence-corrected chi connectivity index (χ1v) is 7.84. The third-order valence-corrected chi connectivity index (χ3v) is 3.78. The molecule has 2 rings (SSSR count). The molecule has 0 saturated carbocycles. The molecule has 2 aromatic carbocycles. The number of halogens is 1. The van der Waals surface area contributed by atoms with E-state index in [1.807, 2.05) is 19.1 Å². The first-order chi connectivity index (χ1) is 11.4. The molecule has 2 aromatic rings. The highest BCUT2D eigenvalue weighted by molar-refractivity contribution is 7.80. The van der Waals surface area contributed by atoms with Crippen molar-refractivity contribution in [2.24, 2.45) is 0 Å². The van der Waals surface area contributed by atoms with Gasteiger partial charge in [0.2, 0.25) is 0 Å². The molecule has 124 valence electrons. The van der Waals surface area contributed by atoms with Crippen molar-refractivity contribution in [3.63, 3.8) is 0 Å². The van der Waals surface area contributed by atoms with Crippen LogP contribution in [0.5, 0.6) is 0 Å². The molecule has 0 aromatic heterocycles. The Morgan fingerprint density at radius 2 is 1.92 bits per heavy atom. The monoisotopic (exact) mass is 363 g/mol. The third-order valence-electron chi connectivity index (χ3n) is 3.26. The average molecular weight is 364 g/mol. The number of hydrogen-bond acceptors (Lipinski definition) is 4. The predicted molar refractivity (Wildman–Crippen MR) is 97.6 cm³/mol. The van der Waals surface area contributed by atoms with Gasteiger partial charge in [-0.25, -0.2) is 0 Å². The summed E-state index contributed by atoms with van der Waals surface area (Å²) in [4.78, 5) is 22.2. The molecule has 0 aliphatic rings. The van der Waals surface area contributed by atoms with Crippen LogP contribution in [0.2, 0.25) is 5.02 Å². The number of nitro benzene ring substituents is 1. The second-order valence-corrected chi connectivity index (χ2v) is 5.70. The van der Waals surface area contributed by atoms with Gasteiger partial charge in [-0.1, -0.05) is 30.7 Å². The van der Waals surface area contributed by atoms with Crippen molar-refractivity contribution in [2.45, 2.75) is 13.3 Å². The lowest BCUT2D eigenvalue weighted by atomic mass is 10.1. The SMILES string of the molecule is CCc1ccc(C(=O)NC(=S)Nc2ccc([N+](=O)[O-])cc2Cl)cc1. The molecular formula is C16H14ClN3O3S. The number of amides is 1. The quantitative estimate of drug-likeness (QED) is 0.488. The van der Waals surface area contributed by atoms with E-state index >= 15 is 0 Å². The summed E-state index contributed by atoms with van der Waals surface area (Å²) < 4.78 is 0. The molecule has 0 radical (unpaired) electrons. The van der Waals surface area contributed by atoms with Gasteiger partial charge in [0.25, 0.3) is 11.6 Å². The minimum absolute atomic E-state index is 0.0512. The van der Waals surface area contributed by atoms with Gasteiger partial charge in [0.05, 0.1) is 15.6 Å². The zero-order valence-electron chi connectivity index (χ0n) is 12.7. The molecule has 0 heterocycles. The fourth-order valence-corrected chi connectivity index (χ4v) is 2.36. The molecule has 6 nitrogen and oxygen atoms in total. The van der Waals surface area contributed by atoms with Crippen molar-refractivity contribution in [2.75, 3.05) is 5.32 Å². The maximum Gasteiger partial charge on any atom is 0.271 e. The van der Waals surface area contributed by atoms with Gasteiger partial charge in [-0.05, 0) is 42.4 Å². The van der Waals surface area contributed by atoms with Crippen LogP contribution in [0, 0.1) is 10.1 Å². The third kappa shape index (κ3) is 4.50. The van der Waals surface area contributed by atoms with Crippen LogP contribution < -0.4 is 10.6 Å². The van der Waals surface area contributed by atoms with Gasteiger partial charge in [0.15, 0.2) is 5.11 Å². The van der Waals surface area contributed by atoms with Crippen LogP contribution in [-0.2, 0) is 6.42 Å². The number of thiocarbonyl (C=S) groups is 1. The van der Waals surface area contributed by atoms with Gasteiger partial charge in [-0.3, -0.25) is 20.2 Å². The summed E-state index contributed by atoms with van der Waals surface area (Å²) in [5, 5.41) is 16.1. The number of hydrogen-bond donors (Lipinski definition) is 2. The zero-order valence-corrected chi connectivity index (χ0v) is 14.3. The van der Waals surface area contributed by atoms with Crippen LogP contribution in [0.3, 0.4) is 0 Å². The summed E-state index contributed by atoms with van der Waals surface area (Å²) >= 11 is 11.0. The van der Waals surface area contributed by atoms with Crippen LogP contribution in [0.1, 0.15) is 22.8 Å². The predicted octanol–water partition coefficient (Wildman–Crippen LogP) is 3.94. The standard InChI is InChI=1S/C16H14ClN3O3S/c1-2-10-3-5-11(6-4-10)15(21)19-16(24)18-14-8-7-12(20(22)23)9-13(14)17/h3-9H,2H2,1H3,(H2,18,19,21,24). The maximum absolute atomic E-state index is 12.1. The second kappa shape index (κ2) is 7.85. The molecule has 0 spiro atoms. The molecule has 0 fully saturated rings. The normalized spacial score (nSPS) is 10.1. The largest absolute Gasteiger partial charge is 0.331 e. The molecule has 24 heavy (non-hydrogen) atoms. The van der Waals surface area contributed by atoms with Crippen molar-refractivity contribution >= 4 is 46.2 Å². The highest BCUT2D eigenvalue weighted by Crippen LogP contribution is 2.26. The van der Waals surface area contributed by atoms with E-state index in [2.05, 4.69) is 10.6 Å². The van der Waals surface area contributed by atoms with Gasteiger partial charge < -0.3 is 5.32 Å². The lowest BCUT2D eigenvalue weighted by Crippen LogP contribution is -2.34. The van der Waals surface area contributed by atoms with Crippen molar-refractivity contribution in [3.05, 3.63) is 68.7 Å². The molecule has 0 unspecified atom stereocenters. The number of nitrogens with one attached hydrogen (secondary N) is 2. The van der Waals surface area contributed by atoms with E-state index in [1.54, 1.807) is 12.1 Å². The van der Waals surface area contributed by atoms with Crippen LogP contribution in [0.25, 0.3) is 0 Å². The maximum atomic E-state index is 12.1. The van der Waals surface area contributed by atoms with Gasteiger partial charge in [-0.2, -0.15) is 0 Å². The Hall–Kier alpha value is -2.51.